The summed E-state index contributed by atoms with van der Waals surface area (Å²) < 4.78 is 11.0. The zero-order chi connectivity index (χ0) is 13.7. The van der Waals surface area contributed by atoms with E-state index in [1.807, 2.05) is 44.2 Å². The molecule has 104 valence electrons. The van der Waals surface area contributed by atoms with E-state index < -0.39 is 0 Å². The van der Waals surface area contributed by atoms with E-state index >= 15 is 0 Å². The number of carbonyl (C=O) groups excluding carboxylic acids is 1. The van der Waals surface area contributed by atoms with Gasteiger partial charge in [0, 0.05) is 13.0 Å². The van der Waals surface area contributed by atoms with Crippen LogP contribution in [0.3, 0.4) is 0 Å². The smallest absolute Gasteiger partial charge is 0.323 e. The zero-order valence-electron chi connectivity index (χ0n) is 11.5. The Bertz CT molecular complexity index is 405. The second-order valence-electron chi connectivity index (χ2n) is 5.10. The van der Waals surface area contributed by atoms with Crippen molar-refractivity contribution in [3.05, 3.63) is 35.9 Å². The van der Waals surface area contributed by atoms with Crippen LogP contribution < -0.4 is 5.32 Å². The Kier molecular flexibility index (Phi) is 4.93. The minimum Gasteiger partial charge on any atom is -0.460 e. The van der Waals surface area contributed by atoms with Crippen molar-refractivity contribution in [3.8, 4) is 0 Å². The lowest BCUT2D eigenvalue weighted by Gasteiger charge is -2.14. The van der Waals surface area contributed by atoms with E-state index in [1.165, 1.54) is 0 Å². The van der Waals surface area contributed by atoms with Gasteiger partial charge in [-0.3, -0.25) is 4.79 Å². The number of carbonyl (C=O) groups is 1. The van der Waals surface area contributed by atoms with Gasteiger partial charge < -0.3 is 14.8 Å². The summed E-state index contributed by atoms with van der Waals surface area (Å²) in [4.78, 5) is 11.9. The highest BCUT2D eigenvalue weighted by Crippen LogP contribution is 2.14. The molecule has 1 aliphatic heterocycles. The molecule has 0 aliphatic carbocycles. The largest absolute Gasteiger partial charge is 0.460 e. The highest BCUT2D eigenvalue weighted by molar-refractivity contribution is 5.76. The molecule has 0 aromatic heterocycles. The van der Waals surface area contributed by atoms with Crippen molar-refractivity contribution in [2.75, 3.05) is 6.54 Å². The van der Waals surface area contributed by atoms with Crippen molar-refractivity contribution in [2.24, 2.45) is 0 Å². The Hall–Kier alpha value is -1.39. The molecule has 0 saturated carbocycles. The average molecular weight is 263 g/mol. The van der Waals surface area contributed by atoms with Crippen LogP contribution >= 0.6 is 0 Å². The minimum atomic E-state index is -0.243. The van der Waals surface area contributed by atoms with Gasteiger partial charge in [-0.25, -0.2) is 0 Å². The first-order valence-electron chi connectivity index (χ1n) is 6.74. The van der Waals surface area contributed by atoms with E-state index in [0.717, 1.165) is 5.56 Å². The molecule has 2 atom stereocenters. The molecule has 0 bridgehead atoms. The zero-order valence-corrected chi connectivity index (χ0v) is 11.5. The molecule has 1 aliphatic rings. The highest BCUT2D eigenvalue weighted by atomic mass is 16.5. The number of ether oxygens (including phenoxy) is 2. The summed E-state index contributed by atoms with van der Waals surface area (Å²) >= 11 is 0. The van der Waals surface area contributed by atoms with Crippen LogP contribution in [0.2, 0.25) is 0 Å². The molecule has 0 amide bonds. The van der Waals surface area contributed by atoms with Crippen molar-refractivity contribution < 1.29 is 14.3 Å². The predicted molar refractivity (Wildman–Crippen MR) is 72.7 cm³/mol. The summed E-state index contributed by atoms with van der Waals surface area (Å²) in [5, 5.41) is 3.15. The highest BCUT2D eigenvalue weighted by Gasteiger charge is 2.31. The second kappa shape index (κ2) is 6.68. The van der Waals surface area contributed by atoms with E-state index in [-0.39, 0.29) is 24.2 Å². The Morgan fingerprint density at radius 2 is 2.11 bits per heavy atom. The van der Waals surface area contributed by atoms with Gasteiger partial charge in [0.15, 0.2) is 0 Å². The van der Waals surface area contributed by atoms with Crippen molar-refractivity contribution in [2.45, 2.75) is 45.1 Å². The van der Waals surface area contributed by atoms with Crippen molar-refractivity contribution in [3.63, 3.8) is 0 Å². The maximum Gasteiger partial charge on any atom is 0.323 e. The Morgan fingerprint density at radius 3 is 2.79 bits per heavy atom. The number of hydrogen-bond donors (Lipinski definition) is 1. The van der Waals surface area contributed by atoms with Gasteiger partial charge in [-0.1, -0.05) is 30.3 Å². The molecular formula is C15H21NO3. The second-order valence-corrected chi connectivity index (χ2v) is 5.10. The van der Waals surface area contributed by atoms with Gasteiger partial charge in [-0.2, -0.15) is 0 Å². The average Bonchev–Trinajstić information content (AvgIpc) is 2.85. The molecule has 4 heteroatoms. The van der Waals surface area contributed by atoms with Gasteiger partial charge in [-0.05, 0) is 19.4 Å². The van der Waals surface area contributed by atoms with Crippen molar-refractivity contribution >= 4 is 5.97 Å². The molecule has 1 fully saturated rings. The van der Waals surface area contributed by atoms with Crippen LogP contribution in [-0.4, -0.2) is 30.8 Å². The molecule has 1 aromatic rings. The van der Waals surface area contributed by atoms with E-state index in [2.05, 4.69) is 5.32 Å². The van der Waals surface area contributed by atoms with Gasteiger partial charge in [0.05, 0.1) is 12.2 Å². The third-order valence-electron chi connectivity index (χ3n) is 3.06. The quantitative estimate of drug-likeness (QED) is 0.824. The fraction of sp³-hybridized carbons (Fsp3) is 0.533. The summed E-state index contributed by atoms with van der Waals surface area (Å²) in [7, 11) is 0. The first kappa shape index (κ1) is 14.0. The minimum absolute atomic E-state index is 0.106. The van der Waals surface area contributed by atoms with E-state index in [9.17, 15) is 4.79 Å². The number of rotatable bonds is 5. The number of benzene rings is 1. The maximum absolute atomic E-state index is 11.9. The lowest BCUT2D eigenvalue weighted by molar-refractivity contribution is -0.147. The number of hydrogen-bond acceptors (Lipinski definition) is 4. The van der Waals surface area contributed by atoms with Crippen LogP contribution in [0.25, 0.3) is 0 Å². The lowest BCUT2D eigenvalue weighted by Crippen LogP contribution is -2.32. The summed E-state index contributed by atoms with van der Waals surface area (Å²) in [6, 6.07) is 9.46. The number of nitrogens with one attached hydrogen (secondary N) is 1. The van der Waals surface area contributed by atoms with Crippen molar-refractivity contribution in [1.82, 2.24) is 5.32 Å². The molecule has 1 unspecified atom stereocenters. The Balaban J connectivity index is 1.75. The summed E-state index contributed by atoms with van der Waals surface area (Å²) in [5.41, 5.74) is 1.00. The molecular weight excluding hydrogens is 242 g/mol. The summed E-state index contributed by atoms with van der Waals surface area (Å²) in [5.74, 6) is -0.196. The van der Waals surface area contributed by atoms with E-state index in [4.69, 9.17) is 9.47 Å². The molecule has 1 saturated heterocycles. The first-order valence-corrected chi connectivity index (χ1v) is 6.74. The van der Waals surface area contributed by atoms with E-state index in [1.54, 1.807) is 0 Å². The molecule has 1 aromatic carbocycles. The lowest BCUT2D eigenvalue weighted by atomic mass is 10.2. The summed E-state index contributed by atoms with van der Waals surface area (Å²) in [6.45, 7) is 5.04. The van der Waals surface area contributed by atoms with Crippen LogP contribution in [0.5, 0.6) is 0 Å². The summed E-state index contributed by atoms with van der Waals surface area (Å²) in [6.07, 6.45) is 0.978. The molecule has 2 rings (SSSR count). The molecule has 4 nitrogen and oxygen atoms in total. The molecule has 0 spiro atoms. The Labute approximate surface area is 114 Å². The maximum atomic E-state index is 11.9. The first-order chi connectivity index (χ1) is 9.15. The monoisotopic (exact) mass is 263 g/mol. The SMILES string of the molecule is CC(C)OC1CN[C@@H](C(=O)OCc2ccccc2)C1. The Morgan fingerprint density at radius 1 is 1.37 bits per heavy atom. The third-order valence-corrected chi connectivity index (χ3v) is 3.06. The number of esters is 1. The van der Waals surface area contributed by atoms with Gasteiger partial charge in [-0.15, -0.1) is 0 Å². The fourth-order valence-corrected chi connectivity index (χ4v) is 2.20. The predicted octanol–water partition coefficient (Wildman–Crippen LogP) is 1.89. The van der Waals surface area contributed by atoms with Crippen molar-refractivity contribution in [1.29, 1.82) is 0 Å². The molecule has 1 N–H and O–H groups in total. The van der Waals surface area contributed by atoms with Gasteiger partial charge in [0.1, 0.15) is 12.6 Å². The van der Waals surface area contributed by atoms with Gasteiger partial charge >= 0.3 is 5.97 Å². The van der Waals surface area contributed by atoms with Crippen LogP contribution in [0.4, 0.5) is 0 Å². The standard InChI is InChI=1S/C15H21NO3/c1-11(2)19-13-8-14(16-9-13)15(17)18-10-12-6-4-3-5-7-12/h3-7,11,13-14,16H,8-10H2,1-2H3/t13?,14-/m1/s1. The van der Waals surface area contributed by atoms with Gasteiger partial charge in [0.25, 0.3) is 0 Å². The fourth-order valence-electron chi connectivity index (χ4n) is 2.20. The molecule has 1 heterocycles. The van der Waals surface area contributed by atoms with Gasteiger partial charge in [0.2, 0.25) is 0 Å². The topological polar surface area (TPSA) is 47.6 Å². The molecule has 0 radical (unpaired) electrons. The van der Waals surface area contributed by atoms with Crippen LogP contribution in [0.15, 0.2) is 30.3 Å². The van der Waals surface area contributed by atoms with Crippen LogP contribution in [-0.2, 0) is 20.9 Å². The normalized spacial score (nSPS) is 22.7. The third kappa shape index (κ3) is 4.33. The van der Waals surface area contributed by atoms with E-state index in [0.29, 0.717) is 19.6 Å². The van der Waals surface area contributed by atoms with Crippen LogP contribution in [0.1, 0.15) is 25.8 Å². The molecule has 19 heavy (non-hydrogen) atoms. The van der Waals surface area contributed by atoms with Crippen LogP contribution in [0, 0.1) is 0 Å².